The van der Waals surface area contributed by atoms with Crippen molar-refractivity contribution < 1.29 is 8.42 Å². The van der Waals surface area contributed by atoms with Crippen molar-refractivity contribution in [2.75, 3.05) is 19.6 Å². The lowest BCUT2D eigenvalue weighted by atomic mass is 10.2. The smallest absolute Gasteiger partial charge is 0.262 e. The molecule has 2 aromatic rings. The van der Waals surface area contributed by atoms with Crippen LogP contribution in [0.3, 0.4) is 0 Å². The van der Waals surface area contributed by atoms with E-state index < -0.39 is 10.0 Å². The zero-order valence-corrected chi connectivity index (χ0v) is 13.8. The third-order valence-electron chi connectivity index (χ3n) is 3.75. The summed E-state index contributed by atoms with van der Waals surface area (Å²) >= 11 is 6.03. The molecule has 3 heterocycles. The van der Waals surface area contributed by atoms with E-state index >= 15 is 0 Å². The van der Waals surface area contributed by atoms with Crippen molar-refractivity contribution in [2.45, 2.75) is 11.1 Å². The summed E-state index contributed by atoms with van der Waals surface area (Å²) in [4.78, 5) is 4.29. The Hall–Kier alpha value is -1.42. The summed E-state index contributed by atoms with van der Waals surface area (Å²) in [7, 11) is -0.351. The van der Waals surface area contributed by atoms with Gasteiger partial charge in [0.2, 0.25) is 0 Å². The fourth-order valence-electron chi connectivity index (χ4n) is 2.69. The van der Waals surface area contributed by atoms with E-state index in [-0.39, 0.29) is 16.1 Å². The molecule has 0 aromatic carbocycles. The molecule has 1 unspecified atom stereocenters. The summed E-state index contributed by atoms with van der Waals surface area (Å²) in [5, 5.41) is 7.27. The number of nitrogens with one attached hydrogen (secondary N) is 1. The second kappa shape index (κ2) is 5.65. The monoisotopic (exact) mass is 344 g/mol. The fourth-order valence-corrected chi connectivity index (χ4v) is 4.89. The van der Waals surface area contributed by atoms with E-state index in [1.165, 1.54) is 15.2 Å². The van der Waals surface area contributed by atoms with Gasteiger partial charge in [-0.25, -0.2) is 13.4 Å². The average Bonchev–Trinajstić information content (AvgIpc) is 3.05. The standard InChI is InChI=1S/C12H17ClN6O2S/c1-17-5-4-15-11(17)10-8-14-3-6-19(10)22(20,21)12-9(13)7-16-18(12)2/h4-5,7,10,14H,3,6,8H2,1-2H3. The van der Waals surface area contributed by atoms with Crippen molar-refractivity contribution >= 4 is 21.6 Å². The van der Waals surface area contributed by atoms with Gasteiger partial charge in [-0.15, -0.1) is 0 Å². The Morgan fingerprint density at radius 3 is 2.77 bits per heavy atom. The molecule has 0 amide bonds. The molecule has 0 radical (unpaired) electrons. The third-order valence-corrected chi connectivity index (χ3v) is 6.16. The summed E-state index contributed by atoms with van der Waals surface area (Å²) in [5.41, 5.74) is 0. The molecule has 0 saturated carbocycles. The van der Waals surface area contributed by atoms with E-state index in [0.29, 0.717) is 25.5 Å². The number of imidazole rings is 1. The Balaban J connectivity index is 2.06. The van der Waals surface area contributed by atoms with Crippen molar-refractivity contribution in [3.05, 3.63) is 29.4 Å². The maximum absolute atomic E-state index is 13.0. The molecule has 1 N–H and O–H groups in total. The van der Waals surface area contributed by atoms with Crippen LogP contribution in [0.5, 0.6) is 0 Å². The predicted molar refractivity (Wildman–Crippen MR) is 80.9 cm³/mol. The molecule has 1 aliphatic heterocycles. The first kappa shape index (κ1) is 15.5. The first-order valence-electron chi connectivity index (χ1n) is 6.80. The Kier molecular flexibility index (Phi) is 3.98. The fraction of sp³-hybridized carbons (Fsp3) is 0.500. The number of sulfonamides is 1. The molecule has 1 aliphatic rings. The van der Waals surface area contributed by atoms with Crippen LogP contribution >= 0.6 is 11.6 Å². The number of rotatable bonds is 3. The van der Waals surface area contributed by atoms with Crippen LogP contribution < -0.4 is 5.32 Å². The van der Waals surface area contributed by atoms with Gasteiger partial charge < -0.3 is 9.88 Å². The van der Waals surface area contributed by atoms with Crippen LogP contribution in [-0.2, 0) is 24.1 Å². The van der Waals surface area contributed by atoms with Crippen molar-refractivity contribution in [3.63, 3.8) is 0 Å². The summed E-state index contributed by atoms with van der Waals surface area (Å²) in [6.07, 6.45) is 4.80. The molecule has 3 rings (SSSR count). The number of aromatic nitrogens is 4. The zero-order valence-electron chi connectivity index (χ0n) is 12.3. The number of nitrogens with zero attached hydrogens (tertiary/aromatic N) is 5. The number of halogens is 1. The maximum atomic E-state index is 13.0. The molecule has 120 valence electrons. The third kappa shape index (κ3) is 2.43. The molecular formula is C12H17ClN6O2S. The molecule has 1 saturated heterocycles. The molecular weight excluding hydrogens is 328 g/mol. The molecule has 0 spiro atoms. The average molecular weight is 345 g/mol. The normalized spacial score (nSPS) is 20.4. The lowest BCUT2D eigenvalue weighted by Crippen LogP contribution is -2.49. The quantitative estimate of drug-likeness (QED) is 0.856. The van der Waals surface area contributed by atoms with E-state index in [1.54, 1.807) is 19.4 Å². The van der Waals surface area contributed by atoms with E-state index in [1.807, 2.05) is 11.6 Å². The molecule has 8 nitrogen and oxygen atoms in total. The second-order valence-electron chi connectivity index (χ2n) is 5.15. The van der Waals surface area contributed by atoms with Crippen LogP contribution in [0.2, 0.25) is 5.02 Å². The first-order valence-corrected chi connectivity index (χ1v) is 8.62. The van der Waals surface area contributed by atoms with Gasteiger partial charge in [-0.05, 0) is 0 Å². The number of aryl methyl sites for hydroxylation is 2. The molecule has 0 aliphatic carbocycles. The number of hydrogen-bond donors (Lipinski definition) is 1. The zero-order chi connectivity index (χ0) is 15.9. The lowest BCUT2D eigenvalue weighted by Gasteiger charge is -2.34. The highest BCUT2D eigenvalue weighted by atomic mass is 35.5. The molecule has 10 heteroatoms. The van der Waals surface area contributed by atoms with Gasteiger partial charge in [0, 0.05) is 46.1 Å². The van der Waals surface area contributed by atoms with Crippen LogP contribution in [0.1, 0.15) is 11.9 Å². The maximum Gasteiger partial charge on any atom is 0.262 e. The van der Waals surface area contributed by atoms with Gasteiger partial charge in [-0.2, -0.15) is 9.40 Å². The Morgan fingerprint density at radius 1 is 1.41 bits per heavy atom. The summed E-state index contributed by atoms with van der Waals surface area (Å²) in [6.45, 7) is 1.43. The minimum atomic E-state index is -3.76. The molecule has 22 heavy (non-hydrogen) atoms. The highest BCUT2D eigenvalue weighted by Crippen LogP contribution is 2.30. The SMILES string of the molecule is Cn1ccnc1C1CNCCN1S(=O)(=O)c1c(Cl)cnn1C. The van der Waals surface area contributed by atoms with Crippen molar-refractivity contribution in [1.29, 1.82) is 0 Å². The van der Waals surface area contributed by atoms with Crippen LogP contribution in [0.25, 0.3) is 0 Å². The van der Waals surface area contributed by atoms with Gasteiger partial charge in [-0.1, -0.05) is 11.6 Å². The van der Waals surface area contributed by atoms with Crippen molar-refractivity contribution in [2.24, 2.45) is 14.1 Å². The van der Waals surface area contributed by atoms with E-state index in [2.05, 4.69) is 15.4 Å². The molecule has 1 atom stereocenters. The summed E-state index contributed by atoms with van der Waals surface area (Å²) < 4.78 is 30.6. The lowest BCUT2D eigenvalue weighted by molar-refractivity contribution is 0.257. The number of hydrogen-bond acceptors (Lipinski definition) is 5. The van der Waals surface area contributed by atoms with Crippen LogP contribution in [-0.4, -0.2) is 51.7 Å². The largest absolute Gasteiger partial charge is 0.337 e. The van der Waals surface area contributed by atoms with Crippen LogP contribution in [0.15, 0.2) is 23.6 Å². The van der Waals surface area contributed by atoms with Gasteiger partial charge in [0.1, 0.15) is 5.82 Å². The Labute approximate surface area is 133 Å². The summed E-state index contributed by atoms with van der Waals surface area (Å²) in [6, 6.07) is -0.385. The van der Waals surface area contributed by atoms with Gasteiger partial charge in [0.05, 0.1) is 17.3 Å². The highest BCUT2D eigenvalue weighted by Gasteiger charge is 2.39. The summed E-state index contributed by atoms with van der Waals surface area (Å²) in [5.74, 6) is 0.689. The van der Waals surface area contributed by atoms with Gasteiger partial charge in [-0.3, -0.25) is 4.68 Å². The minimum Gasteiger partial charge on any atom is -0.337 e. The topological polar surface area (TPSA) is 85.1 Å². The Bertz CT molecular complexity index is 764. The molecule has 2 aromatic heterocycles. The van der Waals surface area contributed by atoms with E-state index in [0.717, 1.165) is 0 Å². The van der Waals surface area contributed by atoms with Crippen LogP contribution in [0, 0.1) is 0 Å². The van der Waals surface area contributed by atoms with Crippen molar-refractivity contribution in [1.82, 2.24) is 29.0 Å². The Morgan fingerprint density at radius 2 is 2.18 bits per heavy atom. The van der Waals surface area contributed by atoms with Crippen LogP contribution in [0.4, 0.5) is 0 Å². The van der Waals surface area contributed by atoms with E-state index in [4.69, 9.17) is 11.6 Å². The molecule has 1 fully saturated rings. The molecule has 0 bridgehead atoms. The highest BCUT2D eigenvalue weighted by molar-refractivity contribution is 7.89. The van der Waals surface area contributed by atoms with Gasteiger partial charge in [0.25, 0.3) is 10.0 Å². The van der Waals surface area contributed by atoms with Gasteiger partial charge >= 0.3 is 0 Å². The minimum absolute atomic E-state index is 0.00951. The van der Waals surface area contributed by atoms with Gasteiger partial charge in [0.15, 0.2) is 5.03 Å². The second-order valence-corrected chi connectivity index (χ2v) is 7.37. The first-order chi connectivity index (χ1) is 10.4. The predicted octanol–water partition coefficient (Wildman–Crippen LogP) is 0.142. The van der Waals surface area contributed by atoms with Crippen molar-refractivity contribution in [3.8, 4) is 0 Å². The number of piperazine rings is 1. The van der Waals surface area contributed by atoms with E-state index in [9.17, 15) is 8.42 Å².